The largest absolute Gasteiger partial charge is 0.487 e. The molecule has 46 heavy (non-hydrogen) atoms. The lowest BCUT2D eigenvalue weighted by Gasteiger charge is -2.59. The lowest BCUT2D eigenvalue weighted by atomic mass is 9.71. The molecule has 0 atom stereocenters. The van der Waals surface area contributed by atoms with Crippen molar-refractivity contribution in [3.8, 4) is 5.75 Å². The summed E-state index contributed by atoms with van der Waals surface area (Å²) in [6, 6.07) is 15.9. The number of benzene rings is 2. The highest BCUT2D eigenvalue weighted by Gasteiger charge is 2.50. The Morgan fingerprint density at radius 2 is 1.72 bits per heavy atom. The number of nitrogens with zero attached hydrogens (tertiary/aromatic N) is 6. The van der Waals surface area contributed by atoms with Crippen LogP contribution in [0, 0.1) is 12.0 Å². The second kappa shape index (κ2) is 12.4. The van der Waals surface area contributed by atoms with E-state index in [1.54, 1.807) is 6.07 Å². The van der Waals surface area contributed by atoms with Crippen LogP contribution in [0.3, 0.4) is 0 Å². The fourth-order valence-electron chi connectivity index (χ4n) is 6.64. The first-order valence-corrected chi connectivity index (χ1v) is 16.4. The quantitative estimate of drug-likeness (QED) is 0.254. The number of likely N-dealkylation sites (tertiary alicyclic amines) is 2. The van der Waals surface area contributed by atoms with Crippen molar-refractivity contribution in [1.29, 1.82) is 0 Å². The molecule has 3 aliphatic heterocycles. The number of hydrogen-bond donors (Lipinski definition) is 0. The summed E-state index contributed by atoms with van der Waals surface area (Å²) in [6.07, 6.45) is 3.85. The van der Waals surface area contributed by atoms with Crippen LogP contribution >= 0.6 is 11.6 Å². The van der Waals surface area contributed by atoms with Crippen molar-refractivity contribution >= 4 is 29.3 Å². The molecule has 9 nitrogen and oxygen atoms in total. The first-order valence-electron chi connectivity index (χ1n) is 16.0. The number of anilines is 1. The molecule has 4 heterocycles. The second-order valence-corrected chi connectivity index (χ2v) is 15.0. The van der Waals surface area contributed by atoms with Crippen molar-refractivity contribution < 1.29 is 14.3 Å². The van der Waals surface area contributed by atoms with E-state index in [0.717, 1.165) is 80.6 Å². The third kappa shape index (κ3) is 6.93. The number of ether oxygens (including phenoxy) is 2. The second-order valence-electron chi connectivity index (χ2n) is 14.5. The lowest BCUT2D eigenvalue weighted by molar-refractivity contribution is -0.0909. The molecule has 10 heteroatoms. The zero-order chi connectivity index (χ0) is 32.7. The standard InChI is InChI=1S/C36H43ClN6O3/c1-34(2,3)46-33(44)42-20-30(21-42)43-23-36(24-43)12-15-41(16-13-36)32-39-14-11-28(40-32)22-45-31-9-7-25(8-10-31)35(4,5)26-17-27(37)19-29(18-26)38-6/h7-11,14,17-19,30H,12-13,15-16,20-24H2,1-5H3. The topological polar surface area (TPSA) is 75.4 Å². The minimum absolute atomic E-state index is 0.204. The van der Waals surface area contributed by atoms with E-state index >= 15 is 0 Å². The van der Waals surface area contributed by atoms with Crippen LogP contribution in [0.25, 0.3) is 4.85 Å². The van der Waals surface area contributed by atoms with Crippen LogP contribution in [-0.2, 0) is 16.8 Å². The van der Waals surface area contributed by atoms with Gasteiger partial charge in [0.15, 0.2) is 5.69 Å². The van der Waals surface area contributed by atoms with Crippen LogP contribution in [0.1, 0.15) is 64.3 Å². The SMILES string of the molecule is [C-]#[N+]c1cc(Cl)cc(C(C)(C)c2ccc(OCc3ccnc(N4CCC5(CC4)CN(C4CN(C(=O)OC(C)(C)C)C4)C5)n3)cc2)c1. The third-order valence-corrected chi connectivity index (χ3v) is 9.83. The molecule has 0 bridgehead atoms. The Morgan fingerprint density at radius 3 is 2.37 bits per heavy atom. The van der Waals surface area contributed by atoms with Gasteiger partial charge < -0.3 is 19.3 Å². The van der Waals surface area contributed by atoms with Crippen LogP contribution in [0.5, 0.6) is 5.75 Å². The summed E-state index contributed by atoms with van der Waals surface area (Å²) in [4.78, 5) is 31.9. The molecule has 1 spiro atoms. The number of hydrogen-bond acceptors (Lipinski definition) is 7. The Bertz CT molecular complexity index is 1610. The molecule has 3 saturated heterocycles. The molecule has 3 aliphatic rings. The Morgan fingerprint density at radius 1 is 1.02 bits per heavy atom. The van der Waals surface area contributed by atoms with Crippen LogP contribution in [0.15, 0.2) is 54.7 Å². The highest BCUT2D eigenvalue weighted by atomic mass is 35.5. The van der Waals surface area contributed by atoms with E-state index in [9.17, 15) is 4.79 Å². The van der Waals surface area contributed by atoms with Crippen molar-refractivity contribution in [3.05, 3.63) is 88.0 Å². The number of piperidine rings is 1. The van der Waals surface area contributed by atoms with Crippen LogP contribution < -0.4 is 9.64 Å². The van der Waals surface area contributed by atoms with E-state index in [1.165, 1.54) is 0 Å². The van der Waals surface area contributed by atoms with Gasteiger partial charge in [0.1, 0.15) is 18.0 Å². The molecule has 0 radical (unpaired) electrons. The molecule has 2 aromatic carbocycles. The molecule has 3 fully saturated rings. The molecule has 0 unspecified atom stereocenters. The molecule has 6 rings (SSSR count). The average Bonchev–Trinajstić information content (AvgIpc) is 2.98. The molecule has 1 amide bonds. The smallest absolute Gasteiger partial charge is 0.410 e. The monoisotopic (exact) mass is 642 g/mol. The Hall–Kier alpha value is -3.87. The third-order valence-electron chi connectivity index (χ3n) is 9.61. The Labute approximate surface area is 277 Å². The van der Waals surface area contributed by atoms with E-state index in [-0.39, 0.29) is 11.5 Å². The van der Waals surface area contributed by atoms with E-state index in [0.29, 0.717) is 28.8 Å². The highest BCUT2D eigenvalue weighted by Crippen LogP contribution is 2.43. The van der Waals surface area contributed by atoms with E-state index in [2.05, 4.69) is 45.6 Å². The summed E-state index contributed by atoms with van der Waals surface area (Å²) in [5, 5.41) is 0.568. The van der Waals surface area contributed by atoms with Gasteiger partial charge in [0.2, 0.25) is 5.95 Å². The highest BCUT2D eigenvalue weighted by molar-refractivity contribution is 6.31. The summed E-state index contributed by atoms with van der Waals surface area (Å²) in [5.74, 6) is 1.53. The zero-order valence-corrected chi connectivity index (χ0v) is 28.2. The van der Waals surface area contributed by atoms with Crippen molar-refractivity contribution in [2.75, 3.05) is 44.2 Å². The molecule has 0 N–H and O–H groups in total. The maximum absolute atomic E-state index is 12.3. The Kier molecular flexibility index (Phi) is 8.64. The van der Waals surface area contributed by atoms with Crippen LogP contribution in [-0.4, -0.2) is 76.8 Å². The average molecular weight is 643 g/mol. The van der Waals surface area contributed by atoms with E-state index in [4.69, 9.17) is 32.6 Å². The molecule has 1 aromatic heterocycles. The molecule has 0 saturated carbocycles. The number of carbonyl (C=O) groups is 1. The van der Waals surface area contributed by atoms with Gasteiger partial charge in [0, 0.05) is 61.9 Å². The molecule has 0 aliphatic carbocycles. The van der Waals surface area contributed by atoms with E-state index in [1.807, 2.05) is 62.2 Å². The summed E-state index contributed by atoms with van der Waals surface area (Å²) < 4.78 is 11.6. The van der Waals surface area contributed by atoms with Gasteiger partial charge in [-0.05, 0) is 80.5 Å². The lowest BCUT2D eigenvalue weighted by Crippen LogP contribution is -2.70. The van der Waals surface area contributed by atoms with Crippen molar-refractivity contribution in [1.82, 2.24) is 19.8 Å². The maximum Gasteiger partial charge on any atom is 0.410 e. The number of carbonyl (C=O) groups excluding carboxylic acids is 1. The fraction of sp³-hybridized carbons (Fsp3) is 0.500. The van der Waals surface area contributed by atoms with Gasteiger partial charge >= 0.3 is 6.09 Å². The molecule has 3 aromatic rings. The number of rotatable bonds is 7. The normalized spacial score (nSPS) is 18.5. The van der Waals surface area contributed by atoms with E-state index < -0.39 is 5.60 Å². The molecule has 242 valence electrons. The van der Waals surface area contributed by atoms with Crippen molar-refractivity contribution in [2.45, 2.75) is 71.1 Å². The number of halogens is 1. The number of amides is 1. The summed E-state index contributed by atoms with van der Waals surface area (Å²) in [7, 11) is 0. The zero-order valence-electron chi connectivity index (χ0n) is 27.4. The maximum atomic E-state index is 12.3. The first-order chi connectivity index (χ1) is 21.8. The number of aromatic nitrogens is 2. The fourth-order valence-corrected chi connectivity index (χ4v) is 6.87. The van der Waals surface area contributed by atoms with Gasteiger partial charge in [0.05, 0.1) is 12.3 Å². The predicted molar refractivity (Wildman–Crippen MR) is 180 cm³/mol. The predicted octanol–water partition coefficient (Wildman–Crippen LogP) is 7.11. The molecular weight excluding hydrogens is 600 g/mol. The van der Waals surface area contributed by atoms with Crippen LogP contribution in [0.2, 0.25) is 5.02 Å². The molecular formula is C36H43ClN6O3. The van der Waals surface area contributed by atoms with Gasteiger partial charge in [-0.3, -0.25) is 4.90 Å². The first kappa shape index (κ1) is 32.1. The summed E-state index contributed by atoms with van der Waals surface area (Å²) in [6.45, 7) is 23.3. The van der Waals surface area contributed by atoms with Gasteiger partial charge in [-0.25, -0.2) is 19.6 Å². The van der Waals surface area contributed by atoms with Gasteiger partial charge in [0.25, 0.3) is 0 Å². The summed E-state index contributed by atoms with van der Waals surface area (Å²) >= 11 is 6.29. The van der Waals surface area contributed by atoms with Crippen LogP contribution in [0.4, 0.5) is 16.4 Å². The van der Waals surface area contributed by atoms with Gasteiger partial charge in [-0.15, -0.1) is 0 Å². The minimum atomic E-state index is -0.455. The van der Waals surface area contributed by atoms with Gasteiger partial charge in [-0.1, -0.05) is 43.6 Å². The summed E-state index contributed by atoms with van der Waals surface area (Å²) in [5.41, 5.74) is 3.06. The Balaban J connectivity index is 0.974. The van der Waals surface area contributed by atoms with Crippen molar-refractivity contribution in [3.63, 3.8) is 0 Å². The van der Waals surface area contributed by atoms with Crippen molar-refractivity contribution in [2.24, 2.45) is 5.41 Å². The van der Waals surface area contributed by atoms with Gasteiger partial charge in [-0.2, -0.15) is 0 Å². The minimum Gasteiger partial charge on any atom is -0.487 e.